The van der Waals surface area contributed by atoms with Crippen molar-refractivity contribution in [3.63, 3.8) is 0 Å². The van der Waals surface area contributed by atoms with Gasteiger partial charge in [0.05, 0.1) is 18.2 Å². The Morgan fingerprint density at radius 1 is 1.31 bits per heavy atom. The summed E-state index contributed by atoms with van der Waals surface area (Å²) in [6.07, 6.45) is 2.99. The SMILES string of the molecule is CCC#CCN1CC(NC(=O)c2cnc(C)cc2C)CC1C(=O)NCC. The van der Waals surface area contributed by atoms with Crippen molar-refractivity contribution in [2.24, 2.45) is 0 Å². The van der Waals surface area contributed by atoms with E-state index in [1.807, 2.05) is 38.7 Å². The molecule has 1 fully saturated rings. The zero-order valence-corrected chi connectivity index (χ0v) is 16.1. The third-order valence-corrected chi connectivity index (χ3v) is 4.47. The van der Waals surface area contributed by atoms with E-state index < -0.39 is 0 Å². The van der Waals surface area contributed by atoms with Crippen molar-refractivity contribution in [2.45, 2.75) is 52.6 Å². The second-order valence-corrected chi connectivity index (χ2v) is 6.59. The molecule has 1 aromatic heterocycles. The molecule has 0 radical (unpaired) electrons. The van der Waals surface area contributed by atoms with Gasteiger partial charge in [0.1, 0.15) is 0 Å². The number of carbonyl (C=O) groups is 2. The summed E-state index contributed by atoms with van der Waals surface area (Å²) in [5, 5.41) is 5.93. The predicted molar refractivity (Wildman–Crippen MR) is 102 cm³/mol. The molecule has 1 saturated heterocycles. The average molecular weight is 356 g/mol. The fourth-order valence-electron chi connectivity index (χ4n) is 3.23. The lowest BCUT2D eigenvalue weighted by molar-refractivity contribution is -0.125. The summed E-state index contributed by atoms with van der Waals surface area (Å²) in [5.41, 5.74) is 2.37. The van der Waals surface area contributed by atoms with Gasteiger partial charge >= 0.3 is 0 Å². The van der Waals surface area contributed by atoms with Crippen LogP contribution in [0.2, 0.25) is 0 Å². The predicted octanol–water partition coefficient (Wildman–Crippen LogP) is 1.42. The molecule has 0 saturated carbocycles. The maximum absolute atomic E-state index is 12.6. The highest BCUT2D eigenvalue weighted by Crippen LogP contribution is 2.19. The first-order chi connectivity index (χ1) is 12.5. The molecule has 2 heterocycles. The lowest BCUT2D eigenvalue weighted by Crippen LogP contribution is -2.43. The van der Waals surface area contributed by atoms with Gasteiger partial charge < -0.3 is 10.6 Å². The van der Waals surface area contributed by atoms with E-state index in [0.717, 1.165) is 17.7 Å². The minimum absolute atomic E-state index is 0.00395. The zero-order valence-electron chi connectivity index (χ0n) is 16.1. The Balaban J connectivity index is 2.07. The van der Waals surface area contributed by atoms with Crippen molar-refractivity contribution in [2.75, 3.05) is 19.6 Å². The number of aromatic nitrogens is 1. The molecule has 0 aromatic carbocycles. The Kier molecular flexibility index (Phi) is 7.16. The highest BCUT2D eigenvalue weighted by molar-refractivity contribution is 5.95. The summed E-state index contributed by atoms with van der Waals surface area (Å²) in [5.74, 6) is 5.99. The van der Waals surface area contributed by atoms with Crippen LogP contribution >= 0.6 is 0 Å². The van der Waals surface area contributed by atoms with Gasteiger partial charge in [-0.25, -0.2) is 0 Å². The van der Waals surface area contributed by atoms with Crippen LogP contribution in [0.15, 0.2) is 12.3 Å². The number of likely N-dealkylation sites (N-methyl/N-ethyl adjacent to an activating group) is 1. The van der Waals surface area contributed by atoms with E-state index in [1.165, 1.54) is 0 Å². The quantitative estimate of drug-likeness (QED) is 0.783. The number of nitrogens with one attached hydrogen (secondary N) is 2. The van der Waals surface area contributed by atoms with E-state index in [2.05, 4.69) is 27.5 Å². The Morgan fingerprint density at radius 3 is 2.73 bits per heavy atom. The summed E-state index contributed by atoms with van der Waals surface area (Å²) < 4.78 is 0. The van der Waals surface area contributed by atoms with E-state index in [1.54, 1.807) is 6.20 Å². The Hall–Kier alpha value is -2.39. The van der Waals surface area contributed by atoms with E-state index in [-0.39, 0.29) is 23.9 Å². The van der Waals surface area contributed by atoms with Crippen LogP contribution in [0.1, 0.15) is 48.3 Å². The number of nitrogens with zero attached hydrogens (tertiary/aromatic N) is 2. The number of likely N-dealkylation sites (tertiary alicyclic amines) is 1. The Bertz CT molecular complexity index is 720. The molecule has 140 valence electrons. The maximum Gasteiger partial charge on any atom is 0.253 e. The number of pyridine rings is 1. The van der Waals surface area contributed by atoms with E-state index in [0.29, 0.717) is 31.6 Å². The number of rotatable bonds is 5. The molecule has 0 bridgehead atoms. The smallest absolute Gasteiger partial charge is 0.253 e. The second-order valence-electron chi connectivity index (χ2n) is 6.59. The average Bonchev–Trinajstić information content (AvgIpc) is 2.98. The monoisotopic (exact) mass is 356 g/mol. The first-order valence-corrected chi connectivity index (χ1v) is 9.17. The van der Waals surface area contributed by atoms with Crippen LogP contribution < -0.4 is 10.6 Å². The van der Waals surface area contributed by atoms with Gasteiger partial charge in [0.2, 0.25) is 5.91 Å². The van der Waals surface area contributed by atoms with Gasteiger partial charge in [-0.3, -0.25) is 19.5 Å². The summed E-state index contributed by atoms with van der Waals surface area (Å²) in [4.78, 5) is 31.2. The van der Waals surface area contributed by atoms with Crippen molar-refractivity contribution in [3.05, 3.63) is 29.1 Å². The normalized spacial score (nSPS) is 19.5. The van der Waals surface area contributed by atoms with Gasteiger partial charge in [0.25, 0.3) is 5.91 Å². The van der Waals surface area contributed by atoms with Crippen LogP contribution in [0, 0.1) is 25.7 Å². The lowest BCUT2D eigenvalue weighted by atomic mass is 10.1. The molecule has 2 amide bonds. The second kappa shape index (κ2) is 9.35. The molecule has 6 nitrogen and oxygen atoms in total. The zero-order chi connectivity index (χ0) is 19.1. The van der Waals surface area contributed by atoms with Crippen LogP contribution in [-0.4, -0.2) is 53.4 Å². The standard InChI is InChI=1S/C20H28N4O2/c1-5-7-8-9-24-13-16(11-18(24)20(26)21-6-2)23-19(25)17-12-22-15(4)10-14(17)3/h10,12,16,18H,5-6,9,11,13H2,1-4H3,(H,21,26)(H,23,25). The molecule has 1 aliphatic heterocycles. The fourth-order valence-corrected chi connectivity index (χ4v) is 3.23. The molecule has 1 aromatic rings. The van der Waals surface area contributed by atoms with E-state index >= 15 is 0 Å². The summed E-state index contributed by atoms with van der Waals surface area (Å²) >= 11 is 0. The topological polar surface area (TPSA) is 74.3 Å². The lowest BCUT2D eigenvalue weighted by Gasteiger charge is -2.20. The fraction of sp³-hybridized carbons (Fsp3) is 0.550. The largest absolute Gasteiger partial charge is 0.355 e. The summed E-state index contributed by atoms with van der Waals surface area (Å²) in [7, 11) is 0. The molecule has 6 heteroatoms. The molecule has 0 aliphatic carbocycles. The molecule has 2 N–H and O–H groups in total. The molecule has 2 rings (SSSR count). The highest BCUT2D eigenvalue weighted by atomic mass is 16.2. The van der Waals surface area contributed by atoms with Crippen molar-refractivity contribution in [1.82, 2.24) is 20.5 Å². The van der Waals surface area contributed by atoms with Gasteiger partial charge in [-0.05, 0) is 38.8 Å². The first kappa shape index (κ1) is 19.9. The number of hydrogen-bond donors (Lipinski definition) is 2. The molecular weight excluding hydrogens is 328 g/mol. The van der Waals surface area contributed by atoms with Gasteiger partial charge in [0.15, 0.2) is 0 Å². The van der Waals surface area contributed by atoms with Gasteiger partial charge in [-0.2, -0.15) is 0 Å². The van der Waals surface area contributed by atoms with E-state index in [4.69, 9.17) is 0 Å². The Morgan fingerprint density at radius 2 is 2.08 bits per heavy atom. The van der Waals surface area contributed by atoms with Crippen molar-refractivity contribution < 1.29 is 9.59 Å². The third kappa shape index (κ3) is 5.06. The molecule has 1 aliphatic rings. The van der Waals surface area contributed by atoms with Gasteiger partial charge in [-0.1, -0.05) is 12.8 Å². The van der Waals surface area contributed by atoms with Gasteiger partial charge in [-0.15, -0.1) is 5.92 Å². The minimum atomic E-state index is -0.261. The minimum Gasteiger partial charge on any atom is -0.355 e. The summed E-state index contributed by atoms with van der Waals surface area (Å²) in [6, 6.07) is 1.55. The van der Waals surface area contributed by atoms with Crippen molar-refractivity contribution in [1.29, 1.82) is 0 Å². The molecule has 2 atom stereocenters. The van der Waals surface area contributed by atoms with Crippen LogP contribution in [-0.2, 0) is 4.79 Å². The van der Waals surface area contributed by atoms with Crippen molar-refractivity contribution >= 4 is 11.8 Å². The number of carbonyl (C=O) groups excluding carboxylic acids is 2. The number of hydrogen-bond acceptors (Lipinski definition) is 4. The third-order valence-electron chi connectivity index (χ3n) is 4.47. The van der Waals surface area contributed by atoms with Crippen LogP contribution in [0.4, 0.5) is 0 Å². The van der Waals surface area contributed by atoms with Crippen molar-refractivity contribution in [3.8, 4) is 11.8 Å². The maximum atomic E-state index is 12.6. The highest BCUT2D eigenvalue weighted by Gasteiger charge is 2.37. The number of aryl methyl sites for hydroxylation is 2. The van der Waals surface area contributed by atoms with E-state index in [9.17, 15) is 9.59 Å². The first-order valence-electron chi connectivity index (χ1n) is 9.17. The molecule has 26 heavy (non-hydrogen) atoms. The van der Waals surface area contributed by atoms with Crippen LogP contribution in [0.3, 0.4) is 0 Å². The Labute approximate surface area is 155 Å². The molecule has 0 spiro atoms. The number of amides is 2. The molecular formula is C20H28N4O2. The molecule has 2 unspecified atom stereocenters. The summed E-state index contributed by atoms with van der Waals surface area (Å²) in [6.45, 7) is 9.45. The van der Waals surface area contributed by atoms with Crippen LogP contribution in [0.25, 0.3) is 0 Å². The van der Waals surface area contributed by atoms with Crippen LogP contribution in [0.5, 0.6) is 0 Å². The van der Waals surface area contributed by atoms with Gasteiger partial charge in [0, 0.05) is 37.4 Å².